The lowest BCUT2D eigenvalue weighted by Gasteiger charge is -1.92. The van der Waals surface area contributed by atoms with E-state index in [9.17, 15) is 0 Å². The van der Waals surface area contributed by atoms with Crippen LogP contribution in [0.2, 0.25) is 0 Å². The summed E-state index contributed by atoms with van der Waals surface area (Å²) >= 11 is 0. The first kappa shape index (κ1) is 6.52. The second-order valence-electron chi connectivity index (χ2n) is 1.61. The van der Waals surface area contributed by atoms with Crippen LogP contribution in [0.15, 0.2) is 0 Å². The first-order chi connectivity index (χ1) is 3.27. The highest BCUT2D eigenvalue weighted by atomic mass is 14.6. The Morgan fingerprint density at radius 1 is 1.71 bits per heavy atom. The molecule has 0 amide bonds. The highest BCUT2D eigenvalue weighted by Gasteiger charge is 1.83. The van der Waals surface area contributed by atoms with Crippen molar-refractivity contribution in [2.45, 2.75) is 26.3 Å². The van der Waals surface area contributed by atoms with Crippen LogP contribution in [0.1, 0.15) is 20.3 Å². The van der Waals surface area contributed by atoms with Gasteiger partial charge >= 0.3 is 0 Å². The van der Waals surface area contributed by atoms with Gasteiger partial charge in [-0.1, -0.05) is 0 Å². The van der Waals surface area contributed by atoms with Crippen LogP contribution in [0.5, 0.6) is 0 Å². The Bertz CT molecular complexity index is 84.1. The molecule has 40 valence electrons. The fourth-order valence-corrected chi connectivity index (χ4v) is 0.263. The lowest BCUT2D eigenvalue weighted by molar-refractivity contribution is 0.770. The van der Waals surface area contributed by atoms with E-state index in [-0.39, 0.29) is 6.04 Å². The predicted molar refractivity (Wildman–Crippen MR) is 31.7 cm³/mol. The van der Waals surface area contributed by atoms with Gasteiger partial charge in [0.1, 0.15) is 0 Å². The molecule has 1 nitrogen and oxygen atoms in total. The van der Waals surface area contributed by atoms with Crippen LogP contribution in [-0.4, -0.2) is 6.04 Å². The molecule has 0 saturated carbocycles. The molecular weight excluding hydrogens is 86.1 g/mol. The summed E-state index contributed by atoms with van der Waals surface area (Å²) in [4.78, 5) is 0. The first-order valence-electron chi connectivity index (χ1n) is 2.42. The summed E-state index contributed by atoms with van der Waals surface area (Å²) in [5, 5.41) is 0. The average molecular weight is 97.2 g/mol. The molecule has 1 atom stereocenters. The molecule has 0 bridgehead atoms. The van der Waals surface area contributed by atoms with Gasteiger partial charge in [0, 0.05) is 12.5 Å². The smallest absolute Gasteiger partial charge is 0.0238 e. The Balaban J connectivity index is 3.08. The van der Waals surface area contributed by atoms with Gasteiger partial charge in [0.05, 0.1) is 0 Å². The number of hydrogen-bond acceptors (Lipinski definition) is 1. The van der Waals surface area contributed by atoms with E-state index in [2.05, 4.69) is 11.8 Å². The molecule has 1 heteroatoms. The Kier molecular flexibility index (Phi) is 3.45. The maximum absolute atomic E-state index is 5.38. The summed E-state index contributed by atoms with van der Waals surface area (Å²) < 4.78 is 0. The summed E-state index contributed by atoms with van der Waals surface area (Å²) in [5.74, 6) is 5.64. The van der Waals surface area contributed by atoms with Gasteiger partial charge in [0.2, 0.25) is 0 Å². The molecule has 0 rings (SSSR count). The van der Waals surface area contributed by atoms with Crippen molar-refractivity contribution in [3.8, 4) is 11.8 Å². The van der Waals surface area contributed by atoms with Gasteiger partial charge in [-0.05, 0) is 13.8 Å². The van der Waals surface area contributed by atoms with Crippen LogP contribution >= 0.6 is 0 Å². The van der Waals surface area contributed by atoms with Crippen molar-refractivity contribution in [1.29, 1.82) is 0 Å². The summed E-state index contributed by atoms with van der Waals surface area (Å²) in [6.07, 6.45) is 0.816. The minimum atomic E-state index is 0.229. The van der Waals surface area contributed by atoms with E-state index in [1.54, 1.807) is 0 Å². The second-order valence-corrected chi connectivity index (χ2v) is 1.61. The van der Waals surface area contributed by atoms with Gasteiger partial charge in [0.15, 0.2) is 0 Å². The van der Waals surface area contributed by atoms with Gasteiger partial charge in [-0.2, -0.15) is 0 Å². The average Bonchev–Trinajstić information content (AvgIpc) is 1.61. The monoisotopic (exact) mass is 97.1 g/mol. The molecular formula is C6H11N. The zero-order chi connectivity index (χ0) is 5.70. The third-order valence-electron chi connectivity index (χ3n) is 0.601. The van der Waals surface area contributed by atoms with Crippen molar-refractivity contribution in [2.75, 3.05) is 0 Å². The van der Waals surface area contributed by atoms with E-state index in [0.717, 1.165) is 6.42 Å². The second kappa shape index (κ2) is 3.70. The van der Waals surface area contributed by atoms with Crippen LogP contribution in [0, 0.1) is 11.8 Å². The van der Waals surface area contributed by atoms with E-state index >= 15 is 0 Å². The minimum absolute atomic E-state index is 0.229. The van der Waals surface area contributed by atoms with E-state index in [1.807, 2.05) is 13.8 Å². The number of rotatable bonds is 1. The van der Waals surface area contributed by atoms with Gasteiger partial charge < -0.3 is 5.73 Å². The van der Waals surface area contributed by atoms with Gasteiger partial charge in [0.25, 0.3) is 0 Å². The molecule has 2 N–H and O–H groups in total. The SMILES string of the molecule is CC#CC[C@@H](C)N. The molecule has 0 fully saturated rings. The third-order valence-corrected chi connectivity index (χ3v) is 0.601. The van der Waals surface area contributed by atoms with Crippen molar-refractivity contribution in [2.24, 2.45) is 5.73 Å². The molecule has 0 aliphatic carbocycles. The largest absolute Gasteiger partial charge is 0.327 e. The first-order valence-corrected chi connectivity index (χ1v) is 2.42. The Morgan fingerprint density at radius 3 is 2.43 bits per heavy atom. The quantitative estimate of drug-likeness (QED) is 0.480. The molecule has 0 heterocycles. The normalized spacial score (nSPS) is 11.9. The molecule has 0 aromatic heterocycles. The van der Waals surface area contributed by atoms with Crippen LogP contribution in [0.3, 0.4) is 0 Å². The maximum Gasteiger partial charge on any atom is 0.0238 e. The van der Waals surface area contributed by atoms with Crippen molar-refractivity contribution < 1.29 is 0 Å². The lowest BCUT2D eigenvalue weighted by Crippen LogP contribution is -2.12. The summed E-state index contributed by atoms with van der Waals surface area (Å²) in [5.41, 5.74) is 5.38. The Morgan fingerprint density at radius 2 is 2.29 bits per heavy atom. The summed E-state index contributed by atoms with van der Waals surface area (Å²) in [7, 11) is 0. The highest BCUT2D eigenvalue weighted by molar-refractivity contribution is 4.96. The summed E-state index contributed by atoms with van der Waals surface area (Å²) in [6.45, 7) is 3.77. The molecule has 0 aliphatic rings. The Hall–Kier alpha value is -0.480. The van der Waals surface area contributed by atoms with Crippen LogP contribution in [-0.2, 0) is 0 Å². The zero-order valence-electron chi connectivity index (χ0n) is 4.86. The maximum atomic E-state index is 5.38. The fraction of sp³-hybridized carbons (Fsp3) is 0.667. The van der Waals surface area contributed by atoms with Gasteiger partial charge in [-0.15, -0.1) is 11.8 Å². The third kappa shape index (κ3) is 5.52. The topological polar surface area (TPSA) is 26.0 Å². The zero-order valence-corrected chi connectivity index (χ0v) is 4.86. The lowest BCUT2D eigenvalue weighted by atomic mass is 10.3. The van der Waals surface area contributed by atoms with Gasteiger partial charge in [-0.3, -0.25) is 0 Å². The predicted octanol–water partition coefficient (Wildman–Crippen LogP) is 0.747. The van der Waals surface area contributed by atoms with E-state index in [0.29, 0.717) is 0 Å². The molecule has 7 heavy (non-hydrogen) atoms. The highest BCUT2D eigenvalue weighted by Crippen LogP contribution is 1.79. The van der Waals surface area contributed by atoms with E-state index in [1.165, 1.54) is 0 Å². The van der Waals surface area contributed by atoms with Crippen LogP contribution in [0.25, 0.3) is 0 Å². The van der Waals surface area contributed by atoms with E-state index < -0.39 is 0 Å². The van der Waals surface area contributed by atoms with Crippen molar-refractivity contribution in [1.82, 2.24) is 0 Å². The number of hydrogen-bond donors (Lipinski definition) is 1. The molecule has 0 aromatic carbocycles. The Labute approximate surface area is 44.9 Å². The van der Waals surface area contributed by atoms with Crippen molar-refractivity contribution >= 4 is 0 Å². The minimum Gasteiger partial charge on any atom is -0.327 e. The van der Waals surface area contributed by atoms with Crippen LogP contribution < -0.4 is 5.73 Å². The molecule has 0 radical (unpaired) electrons. The van der Waals surface area contributed by atoms with Crippen molar-refractivity contribution in [3.05, 3.63) is 0 Å². The summed E-state index contributed by atoms with van der Waals surface area (Å²) in [6, 6.07) is 0.229. The van der Waals surface area contributed by atoms with Gasteiger partial charge in [-0.25, -0.2) is 0 Å². The molecule has 0 saturated heterocycles. The van der Waals surface area contributed by atoms with E-state index in [4.69, 9.17) is 5.73 Å². The molecule has 0 aromatic rings. The standard InChI is InChI=1S/C6H11N/c1-3-4-5-6(2)7/h6H,5,7H2,1-2H3/t6-/m1/s1. The van der Waals surface area contributed by atoms with Crippen molar-refractivity contribution in [3.63, 3.8) is 0 Å². The molecule has 0 spiro atoms. The molecule has 0 unspecified atom stereocenters. The number of nitrogens with two attached hydrogens (primary N) is 1. The molecule has 0 aliphatic heterocycles. The van der Waals surface area contributed by atoms with Crippen LogP contribution in [0.4, 0.5) is 0 Å². The fourth-order valence-electron chi connectivity index (χ4n) is 0.263.